The quantitative estimate of drug-likeness (QED) is 0.629. The highest BCUT2D eigenvalue weighted by Crippen LogP contribution is 2.30. The number of carbonyl (C=O) groups is 3. The molecule has 2 rings (SSSR count). The van der Waals surface area contributed by atoms with Gasteiger partial charge in [0, 0.05) is 18.4 Å². The van der Waals surface area contributed by atoms with Gasteiger partial charge in [-0.2, -0.15) is 0 Å². The van der Waals surface area contributed by atoms with Crippen LogP contribution in [-0.2, 0) is 4.74 Å². The predicted octanol–water partition coefficient (Wildman–Crippen LogP) is 0.840. The molecule has 0 bridgehead atoms. The standard InChI is InChI=1S/C12H11NO6S/c1-18-12(17)9-8-10(16)7(20-4-2-3-14)5-6(15)11(8)19-13-9/h5,14H,2-4H2,1H3. The van der Waals surface area contributed by atoms with E-state index in [0.717, 1.165) is 24.9 Å². The summed E-state index contributed by atoms with van der Waals surface area (Å²) in [5, 5.41) is 12.1. The summed E-state index contributed by atoms with van der Waals surface area (Å²) < 4.78 is 9.25. The van der Waals surface area contributed by atoms with Gasteiger partial charge in [0.1, 0.15) is 5.56 Å². The Kier molecular flexibility index (Phi) is 4.35. The smallest absolute Gasteiger partial charge is 0.361 e. The molecule has 0 atom stereocenters. The number of ketones is 2. The molecule has 1 aromatic heterocycles. The SMILES string of the molecule is COC(=O)c1noc2c1C(=O)C(SCCCO)=CC2=O. The number of hydrogen-bond donors (Lipinski definition) is 1. The Bertz CT molecular complexity index is 603. The first-order valence-corrected chi connectivity index (χ1v) is 6.71. The zero-order valence-corrected chi connectivity index (χ0v) is 11.4. The Morgan fingerprint density at radius 1 is 1.50 bits per heavy atom. The number of nitrogens with zero attached hydrogens (tertiary/aromatic N) is 1. The maximum absolute atomic E-state index is 12.2. The van der Waals surface area contributed by atoms with E-state index in [0.29, 0.717) is 12.2 Å². The van der Waals surface area contributed by atoms with Gasteiger partial charge in [0.2, 0.25) is 23.0 Å². The van der Waals surface area contributed by atoms with E-state index in [9.17, 15) is 14.4 Å². The lowest BCUT2D eigenvalue weighted by Crippen LogP contribution is -2.17. The molecular weight excluding hydrogens is 286 g/mol. The van der Waals surface area contributed by atoms with E-state index in [1.165, 1.54) is 0 Å². The molecule has 1 aromatic rings. The van der Waals surface area contributed by atoms with Crippen molar-refractivity contribution in [1.82, 2.24) is 5.16 Å². The molecule has 8 heteroatoms. The molecule has 0 spiro atoms. The van der Waals surface area contributed by atoms with Gasteiger partial charge in [0.05, 0.1) is 12.0 Å². The lowest BCUT2D eigenvalue weighted by Gasteiger charge is -2.09. The minimum Gasteiger partial charge on any atom is -0.464 e. The fourth-order valence-electron chi connectivity index (χ4n) is 1.63. The first-order valence-electron chi connectivity index (χ1n) is 5.72. The summed E-state index contributed by atoms with van der Waals surface area (Å²) in [5.41, 5.74) is -0.454. The molecule has 106 valence electrons. The van der Waals surface area contributed by atoms with E-state index >= 15 is 0 Å². The molecule has 0 saturated carbocycles. The third kappa shape index (κ3) is 2.52. The van der Waals surface area contributed by atoms with E-state index in [1.807, 2.05) is 0 Å². The molecule has 1 heterocycles. The molecule has 0 aliphatic heterocycles. The second-order valence-electron chi connectivity index (χ2n) is 3.85. The van der Waals surface area contributed by atoms with Crippen molar-refractivity contribution in [2.45, 2.75) is 6.42 Å². The van der Waals surface area contributed by atoms with E-state index in [4.69, 9.17) is 9.63 Å². The van der Waals surface area contributed by atoms with Crippen LogP contribution in [0.3, 0.4) is 0 Å². The Hall–Kier alpha value is -1.93. The van der Waals surface area contributed by atoms with Gasteiger partial charge in [-0.25, -0.2) is 4.79 Å². The zero-order valence-electron chi connectivity index (χ0n) is 10.5. The predicted molar refractivity (Wildman–Crippen MR) is 68.7 cm³/mol. The van der Waals surface area contributed by atoms with E-state index in [1.54, 1.807) is 0 Å². The molecule has 0 aromatic carbocycles. The Balaban J connectivity index is 2.33. The highest BCUT2D eigenvalue weighted by molar-refractivity contribution is 8.04. The second kappa shape index (κ2) is 6.02. The number of rotatable bonds is 5. The van der Waals surface area contributed by atoms with Crippen LogP contribution in [0, 0.1) is 0 Å². The van der Waals surface area contributed by atoms with Crippen molar-refractivity contribution in [3.8, 4) is 0 Å². The number of aromatic nitrogens is 1. The first-order chi connectivity index (χ1) is 9.60. The first kappa shape index (κ1) is 14.5. The third-order valence-electron chi connectivity index (χ3n) is 2.57. The van der Waals surface area contributed by atoms with Gasteiger partial charge in [-0.05, 0) is 6.42 Å². The van der Waals surface area contributed by atoms with Gasteiger partial charge >= 0.3 is 5.97 Å². The Labute approximate surface area is 118 Å². The largest absolute Gasteiger partial charge is 0.464 e. The van der Waals surface area contributed by atoms with Crippen molar-refractivity contribution in [2.24, 2.45) is 0 Å². The van der Waals surface area contributed by atoms with Crippen molar-refractivity contribution < 1.29 is 28.8 Å². The van der Waals surface area contributed by atoms with Gasteiger partial charge < -0.3 is 14.4 Å². The zero-order chi connectivity index (χ0) is 14.7. The molecule has 1 N–H and O–H groups in total. The fourth-order valence-corrected chi connectivity index (χ4v) is 2.55. The third-order valence-corrected chi connectivity index (χ3v) is 3.67. The molecule has 0 saturated heterocycles. The molecule has 0 amide bonds. The summed E-state index contributed by atoms with van der Waals surface area (Å²) >= 11 is 1.14. The molecule has 1 aliphatic carbocycles. The minimum absolute atomic E-state index is 0.00561. The molecule has 0 radical (unpaired) electrons. The molecule has 0 unspecified atom stereocenters. The van der Waals surface area contributed by atoms with Crippen LogP contribution in [0.15, 0.2) is 15.5 Å². The van der Waals surface area contributed by atoms with Crippen molar-refractivity contribution in [3.63, 3.8) is 0 Å². The number of thioether (sulfide) groups is 1. The minimum atomic E-state index is -0.835. The summed E-state index contributed by atoms with van der Waals surface area (Å²) in [6, 6.07) is 0. The number of hydrogen-bond acceptors (Lipinski definition) is 8. The number of carbonyl (C=O) groups excluding carboxylic acids is 3. The molecule has 7 nitrogen and oxygen atoms in total. The summed E-state index contributed by atoms with van der Waals surface area (Å²) in [6.07, 6.45) is 1.64. The number of aliphatic hydroxyl groups is 1. The lowest BCUT2D eigenvalue weighted by atomic mass is 10.00. The fraction of sp³-hybridized carbons (Fsp3) is 0.333. The summed E-state index contributed by atoms with van der Waals surface area (Å²) in [6.45, 7) is -0.00561. The average Bonchev–Trinajstić information content (AvgIpc) is 2.89. The monoisotopic (exact) mass is 297 g/mol. The number of Topliss-reactive ketones (excluding diaryl/α,β-unsaturated/α-hetero) is 1. The van der Waals surface area contributed by atoms with Gasteiger partial charge in [-0.15, -0.1) is 11.8 Å². The van der Waals surface area contributed by atoms with Gasteiger partial charge in [0.15, 0.2) is 0 Å². The topological polar surface area (TPSA) is 107 Å². The number of esters is 1. The summed E-state index contributed by atoms with van der Waals surface area (Å²) in [7, 11) is 1.14. The highest BCUT2D eigenvalue weighted by atomic mass is 32.2. The maximum Gasteiger partial charge on any atom is 0.361 e. The van der Waals surface area contributed by atoms with Crippen LogP contribution in [-0.4, -0.2) is 47.3 Å². The summed E-state index contributed by atoms with van der Waals surface area (Å²) in [5.74, 6) is -1.62. The summed E-state index contributed by atoms with van der Waals surface area (Å²) in [4.78, 5) is 35.8. The van der Waals surface area contributed by atoms with Gasteiger partial charge in [-0.1, -0.05) is 5.16 Å². The van der Waals surface area contributed by atoms with Crippen LogP contribution < -0.4 is 0 Å². The Morgan fingerprint density at radius 3 is 2.90 bits per heavy atom. The van der Waals surface area contributed by atoms with Gasteiger partial charge in [0.25, 0.3) is 0 Å². The molecule has 20 heavy (non-hydrogen) atoms. The van der Waals surface area contributed by atoms with Crippen LogP contribution in [0.25, 0.3) is 0 Å². The highest BCUT2D eigenvalue weighted by Gasteiger charge is 2.36. The number of aliphatic hydroxyl groups excluding tert-OH is 1. The molecule has 1 aliphatic rings. The second-order valence-corrected chi connectivity index (χ2v) is 4.99. The average molecular weight is 297 g/mol. The van der Waals surface area contributed by atoms with Crippen LogP contribution in [0.4, 0.5) is 0 Å². The normalized spacial score (nSPS) is 14.0. The van der Waals surface area contributed by atoms with Crippen molar-refractivity contribution >= 4 is 29.3 Å². The van der Waals surface area contributed by atoms with Crippen molar-refractivity contribution in [3.05, 3.63) is 28.0 Å². The molecular formula is C12H11NO6S. The number of methoxy groups -OCH3 is 1. The van der Waals surface area contributed by atoms with E-state index in [2.05, 4.69) is 9.89 Å². The van der Waals surface area contributed by atoms with Crippen LogP contribution >= 0.6 is 11.8 Å². The van der Waals surface area contributed by atoms with Gasteiger partial charge in [-0.3, -0.25) is 9.59 Å². The number of ether oxygens (including phenoxy) is 1. The molecule has 0 fully saturated rings. The van der Waals surface area contributed by atoms with Crippen molar-refractivity contribution in [2.75, 3.05) is 19.5 Å². The van der Waals surface area contributed by atoms with E-state index < -0.39 is 17.5 Å². The van der Waals surface area contributed by atoms with Crippen LogP contribution in [0.2, 0.25) is 0 Å². The van der Waals surface area contributed by atoms with Crippen LogP contribution in [0.5, 0.6) is 0 Å². The van der Waals surface area contributed by atoms with Crippen LogP contribution in [0.1, 0.15) is 37.8 Å². The maximum atomic E-state index is 12.2. The Morgan fingerprint density at radius 2 is 2.25 bits per heavy atom. The lowest BCUT2D eigenvalue weighted by molar-refractivity contribution is 0.0586. The number of allylic oxidation sites excluding steroid dienone is 2. The van der Waals surface area contributed by atoms with Crippen molar-refractivity contribution in [1.29, 1.82) is 0 Å². The number of fused-ring (bicyclic) bond motifs is 1. The van der Waals surface area contributed by atoms with E-state index in [-0.39, 0.29) is 28.5 Å².